The van der Waals surface area contributed by atoms with Crippen molar-refractivity contribution in [2.75, 3.05) is 38.2 Å². The number of piperazine rings is 1. The summed E-state index contributed by atoms with van der Waals surface area (Å²) in [5, 5.41) is 15.6. The SMILES string of the molecule is CC(C)(C)c1cc(N=NNc2ccc(-c3cn4c(n3)sc3nc(OCCN5CCNCC56CC6)ccc34)cc2)no1. The van der Waals surface area contributed by atoms with Gasteiger partial charge in [-0.25, -0.2) is 9.97 Å². The van der Waals surface area contributed by atoms with Crippen LogP contribution < -0.4 is 15.5 Å². The fourth-order valence-electron chi connectivity index (χ4n) is 5.24. The molecule has 7 rings (SSSR count). The maximum absolute atomic E-state index is 6.06. The third-order valence-corrected chi connectivity index (χ3v) is 8.77. The summed E-state index contributed by atoms with van der Waals surface area (Å²) in [6.45, 7) is 11.0. The average molecular weight is 572 g/mol. The van der Waals surface area contributed by atoms with Crippen LogP contribution in [0.2, 0.25) is 0 Å². The number of hydrogen-bond acceptors (Lipinski definition) is 10. The van der Waals surface area contributed by atoms with Crippen LogP contribution in [-0.4, -0.2) is 62.8 Å². The molecule has 1 spiro atoms. The van der Waals surface area contributed by atoms with E-state index in [2.05, 4.69) is 68.6 Å². The van der Waals surface area contributed by atoms with Crippen molar-refractivity contribution in [3.8, 4) is 17.1 Å². The van der Waals surface area contributed by atoms with Crippen LogP contribution in [0.15, 0.2) is 63.5 Å². The summed E-state index contributed by atoms with van der Waals surface area (Å²) in [7, 11) is 0. The first-order chi connectivity index (χ1) is 19.9. The fraction of sp³-hybridized carbons (Fsp3) is 0.414. The molecular formula is C29H33N9O2S. The second-order valence-corrected chi connectivity index (χ2v) is 12.7. The highest BCUT2D eigenvalue weighted by Gasteiger charge is 2.48. The van der Waals surface area contributed by atoms with Gasteiger partial charge >= 0.3 is 0 Å². The highest BCUT2D eigenvalue weighted by atomic mass is 32.1. The van der Waals surface area contributed by atoms with Crippen molar-refractivity contribution in [1.29, 1.82) is 0 Å². The molecule has 1 saturated heterocycles. The minimum absolute atomic E-state index is 0.129. The van der Waals surface area contributed by atoms with Crippen molar-refractivity contribution in [3.63, 3.8) is 0 Å². The molecular weight excluding hydrogens is 538 g/mol. The zero-order valence-corrected chi connectivity index (χ0v) is 24.2. The number of anilines is 1. The first-order valence-corrected chi connectivity index (χ1v) is 14.8. The van der Waals surface area contributed by atoms with Crippen LogP contribution in [0.3, 0.4) is 0 Å². The predicted octanol–water partition coefficient (Wildman–Crippen LogP) is 5.82. The zero-order chi connectivity index (χ0) is 28.0. The normalized spacial score (nSPS) is 17.2. The number of benzene rings is 1. The smallest absolute Gasteiger partial charge is 0.218 e. The number of thiazole rings is 1. The van der Waals surface area contributed by atoms with E-state index in [9.17, 15) is 0 Å². The van der Waals surface area contributed by atoms with Gasteiger partial charge in [0.2, 0.25) is 11.7 Å². The number of aromatic nitrogens is 4. The fourth-order valence-corrected chi connectivity index (χ4v) is 6.21. The lowest BCUT2D eigenvalue weighted by Gasteiger charge is -2.36. The van der Waals surface area contributed by atoms with Gasteiger partial charge in [-0.2, -0.15) is 0 Å². The van der Waals surface area contributed by atoms with E-state index >= 15 is 0 Å². The Morgan fingerprint density at radius 2 is 2.00 bits per heavy atom. The van der Waals surface area contributed by atoms with Crippen LogP contribution in [0.25, 0.3) is 26.6 Å². The van der Waals surface area contributed by atoms with Gasteiger partial charge in [-0.1, -0.05) is 54.6 Å². The maximum atomic E-state index is 6.06. The van der Waals surface area contributed by atoms with E-state index in [0.29, 0.717) is 23.8 Å². The van der Waals surface area contributed by atoms with Gasteiger partial charge in [-0.3, -0.25) is 14.7 Å². The summed E-state index contributed by atoms with van der Waals surface area (Å²) in [5.74, 6) is 1.86. The summed E-state index contributed by atoms with van der Waals surface area (Å²) in [4.78, 5) is 14.0. The van der Waals surface area contributed by atoms with Crippen LogP contribution in [0.5, 0.6) is 5.88 Å². The largest absolute Gasteiger partial charge is 0.476 e. The molecule has 2 N–H and O–H groups in total. The minimum atomic E-state index is -0.129. The molecule has 5 aromatic rings. The van der Waals surface area contributed by atoms with E-state index in [0.717, 1.165) is 64.2 Å². The van der Waals surface area contributed by atoms with Crippen LogP contribution in [0.1, 0.15) is 39.4 Å². The number of rotatable bonds is 8. The van der Waals surface area contributed by atoms with Gasteiger partial charge in [0.15, 0.2) is 4.96 Å². The monoisotopic (exact) mass is 571 g/mol. The Hall–Kier alpha value is -3.87. The molecule has 1 aromatic carbocycles. The highest BCUT2D eigenvalue weighted by molar-refractivity contribution is 7.23. The van der Waals surface area contributed by atoms with E-state index in [4.69, 9.17) is 19.2 Å². The molecule has 12 heteroatoms. The van der Waals surface area contributed by atoms with Gasteiger partial charge in [0.25, 0.3) is 0 Å². The molecule has 1 aliphatic carbocycles. The van der Waals surface area contributed by atoms with Gasteiger partial charge in [0.05, 0.1) is 16.9 Å². The van der Waals surface area contributed by atoms with E-state index in [-0.39, 0.29) is 5.41 Å². The lowest BCUT2D eigenvalue weighted by atomic mass is 9.93. The summed E-state index contributed by atoms with van der Waals surface area (Å²) in [6.07, 6.45) is 4.63. The van der Waals surface area contributed by atoms with Gasteiger partial charge < -0.3 is 14.6 Å². The zero-order valence-electron chi connectivity index (χ0n) is 23.4. The molecule has 2 aliphatic rings. The lowest BCUT2D eigenvalue weighted by molar-refractivity contribution is 0.117. The maximum Gasteiger partial charge on any atom is 0.218 e. The molecule has 212 valence electrons. The van der Waals surface area contributed by atoms with Crippen LogP contribution in [0, 0.1) is 0 Å². The molecule has 0 bridgehead atoms. The summed E-state index contributed by atoms with van der Waals surface area (Å²) < 4.78 is 13.5. The Bertz CT molecular complexity index is 1710. The van der Waals surface area contributed by atoms with Gasteiger partial charge in [-0.05, 0) is 31.0 Å². The van der Waals surface area contributed by atoms with E-state index in [1.165, 1.54) is 12.8 Å². The number of pyridine rings is 1. The van der Waals surface area contributed by atoms with Crippen molar-refractivity contribution >= 4 is 38.2 Å². The standard InChI is InChI=1S/C29H33N9O2S/c1-28(2,3)23-16-24(35-40-23)34-36-33-20-6-4-19(5-7-20)21-17-38-22-8-9-25(32-26(22)41-27(38)31-21)39-15-14-37-13-12-30-18-29(37)10-11-29/h4-9,16-17,30H,10-15,18H2,1-3H3,(H,33,34,35). The van der Waals surface area contributed by atoms with Gasteiger partial charge in [0.1, 0.15) is 17.2 Å². The summed E-state index contributed by atoms with van der Waals surface area (Å²) >= 11 is 1.57. The van der Waals surface area contributed by atoms with Crippen molar-refractivity contribution in [3.05, 3.63) is 54.4 Å². The number of nitrogens with one attached hydrogen (secondary N) is 2. The van der Waals surface area contributed by atoms with Crippen LogP contribution >= 0.6 is 11.3 Å². The van der Waals surface area contributed by atoms with Crippen molar-refractivity contribution < 1.29 is 9.26 Å². The minimum Gasteiger partial charge on any atom is -0.476 e. The summed E-state index contributed by atoms with van der Waals surface area (Å²) in [5.41, 5.74) is 6.93. The third kappa shape index (κ3) is 5.30. The first kappa shape index (κ1) is 26.1. The first-order valence-electron chi connectivity index (χ1n) is 14.0. The molecule has 2 fully saturated rings. The second kappa shape index (κ2) is 10.2. The third-order valence-electron chi connectivity index (χ3n) is 7.81. The van der Waals surface area contributed by atoms with Crippen LogP contribution in [0.4, 0.5) is 11.5 Å². The number of nitrogens with zero attached hydrogens (tertiary/aromatic N) is 7. The number of hydrogen-bond donors (Lipinski definition) is 2. The molecule has 1 saturated carbocycles. The Morgan fingerprint density at radius 3 is 2.78 bits per heavy atom. The molecule has 1 aliphatic heterocycles. The number of fused-ring (bicyclic) bond motifs is 3. The Labute approximate surface area is 241 Å². The Kier molecular flexibility index (Phi) is 6.48. The summed E-state index contributed by atoms with van der Waals surface area (Å²) in [6, 6.07) is 13.7. The molecule has 0 unspecified atom stereocenters. The second-order valence-electron chi connectivity index (χ2n) is 11.8. The Balaban J connectivity index is 0.984. The molecule has 11 nitrogen and oxygen atoms in total. The molecule has 0 radical (unpaired) electrons. The van der Waals surface area contributed by atoms with Gasteiger partial charge in [-0.15, -0.1) is 5.11 Å². The topological polar surface area (TPSA) is 117 Å². The highest BCUT2D eigenvalue weighted by Crippen LogP contribution is 2.42. The van der Waals surface area contributed by atoms with Crippen LogP contribution in [-0.2, 0) is 5.41 Å². The van der Waals surface area contributed by atoms with E-state index in [1.54, 1.807) is 17.4 Å². The predicted molar refractivity (Wildman–Crippen MR) is 159 cm³/mol. The molecule has 4 aromatic heterocycles. The van der Waals surface area contributed by atoms with Crippen molar-refractivity contribution in [2.24, 2.45) is 10.3 Å². The molecule has 0 atom stereocenters. The number of ether oxygens (including phenoxy) is 1. The van der Waals surface area contributed by atoms with Gasteiger partial charge in [0, 0.05) is 61.0 Å². The molecule has 41 heavy (non-hydrogen) atoms. The molecule has 0 amide bonds. The number of imidazole rings is 1. The van der Waals surface area contributed by atoms with E-state index in [1.807, 2.05) is 30.3 Å². The van der Waals surface area contributed by atoms with Crippen molar-refractivity contribution in [2.45, 2.75) is 44.6 Å². The van der Waals surface area contributed by atoms with Crippen molar-refractivity contribution in [1.82, 2.24) is 29.7 Å². The quantitative estimate of drug-likeness (QED) is 0.177. The Morgan fingerprint density at radius 1 is 1.15 bits per heavy atom. The molecule has 5 heterocycles. The van der Waals surface area contributed by atoms with E-state index < -0.39 is 0 Å². The lowest BCUT2D eigenvalue weighted by Crippen LogP contribution is -2.54. The average Bonchev–Trinajstić information content (AvgIpc) is 3.28.